The molecule has 2 heterocycles. The van der Waals surface area contributed by atoms with E-state index < -0.39 is 16.8 Å². The van der Waals surface area contributed by atoms with Gasteiger partial charge in [0.25, 0.3) is 0 Å². The van der Waals surface area contributed by atoms with Crippen LogP contribution < -0.4 is 0 Å². The fraction of sp³-hybridized carbons (Fsp3) is 0.882. The Morgan fingerprint density at radius 2 is 1.83 bits per heavy atom. The molecule has 0 aromatic rings. The molecule has 0 radical (unpaired) electrons. The Balaban J connectivity index is 1.92. The highest BCUT2D eigenvalue weighted by molar-refractivity contribution is 5.79. The molecule has 2 saturated heterocycles. The zero-order valence-corrected chi connectivity index (χ0v) is 14.9. The third kappa shape index (κ3) is 3.05. The quantitative estimate of drug-likeness (QED) is 0.312. The number of carbonyl (C=O) groups excluding carboxylic acids is 2. The Morgan fingerprint density at radius 3 is 2.46 bits per heavy atom. The molecule has 7 heteroatoms. The van der Waals surface area contributed by atoms with E-state index in [2.05, 4.69) is 4.89 Å². The van der Waals surface area contributed by atoms with Gasteiger partial charge in [-0.1, -0.05) is 20.8 Å². The summed E-state index contributed by atoms with van der Waals surface area (Å²) in [6, 6.07) is 0. The number of esters is 2. The van der Waals surface area contributed by atoms with Gasteiger partial charge in [-0.15, -0.1) is 0 Å². The van der Waals surface area contributed by atoms with Crippen molar-refractivity contribution < 1.29 is 33.9 Å². The number of fused-ring (bicyclic) bond motifs is 2. The minimum atomic E-state index is -0.903. The van der Waals surface area contributed by atoms with Crippen LogP contribution in [0, 0.1) is 16.7 Å². The fourth-order valence-electron chi connectivity index (χ4n) is 3.71. The normalized spacial score (nSPS) is 35.7. The lowest BCUT2D eigenvalue weighted by Crippen LogP contribution is -2.54. The highest BCUT2D eigenvalue weighted by Crippen LogP contribution is 2.60. The van der Waals surface area contributed by atoms with E-state index in [1.54, 1.807) is 13.8 Å². The molecule has 0 amide bonds. The molecule has 2 aliphatic rings. The Labute approximate surface area is 142 Å². The van der Waals surface area contributed by atoms with Crippen LogP contribution >= 0.6 is 0 Å². The van der Waals surface area contributed by atoms with E-state index in [4.69, 9.17) is 19.5 Å². The maximum atomic E-state index is 12.7. The predicted molar refractivity (Wildman–Crippen MR) is 84.1 cm³/mol. The lowest BCUT2D eigenvalue weighted by atomic mass is 9.58. The van der Waals surface area contributed by atoms with E-state index in [9.17, 15) is 9.59 Å². The Kier molecular flexibility index (Phi) is 5.88. The van der Waals surface area contributed by atoms with Crippen molar-refractivity contribution >= 4 is 11.9 Å². The minimum absolute atomic E-state index is 0.00275. The summed E-state index contributed by atoms with van der Waals surface area (Å²) in [5.41, 5.74) is -1.56. The average Bonchev–Trinajstić information content (AvgIpc) is 3.13. The summed E-state index contributed by atoms with van der Waals surface area (Å²) in [6.45, 7) is 7.41. The van der Waals surface area contributed by atoms with Crippen LogP contribution in [0.5, 0.6) is 0 Å². The third-order valence-electron chi connectivity index (χ3n) is 5.92. The lowest BCUT2D eigenvalue weighted by molar-refractivity contribution is -0.273. The molecule has 2 bridgehead atoms. The minimum Gasteiger partial charge on any atom is -0.462 e. The first-order valence-electron chi connectivity index (χ1n) is 8.57. The molecule has 2 rings (SSSR count). The maximum Gasteiger partial charge on any atom is 0.315 e. The van der Waals surface area contributed by atoms with Gasteiger partial charge in [0.05, 0.1) is 24.7 Å². The van der Waals surface area contributed by atoms with Crippen molar-refractivity contribution in [3.8, 4) is 0 Å². The largest absolute Gasteiger partial charge is 0.462 e. The molecule has 7 nitrogen and oxygen atoms in total. The molecule has 24 heavy (non-hydrogen) atoms. The molecule has 2 fully saturated rings. The predicted octanol–water partition coefficient (Wildman–Crippen LogP) is 2.18. The molecule has 5 atom stereocenters. The number of rotatable bonds is 8. The van der Waals surface area contributed by atoms with E-state index in [-0.39, 0.29) is 43.9 Å². The summed E-state index contributed by atoms with van der Waals surface area (Å²) in [5.74, 6) is -0.863. The van der Waals surface area contributed by atoms with Gasteiger partial charge >= 0.3 is 11.9 Å². The van der Waals surface area contributed by atoms with Gasteiger partial charge in [0.15, 0.2) is 0 Å². The summed E-state index contributed by atoms with van der Waals surface area (Å²) in [4.78, 5) is 28.7. The number of carbonyl (C=O) groups is 2. The summed E-state index contributed by atoms with van der Waals surface area (Å²) in [6.07, 6.45) is 1.92. The molecule has 0 aromatic heterocycles. The zero-order chi connectivity index (χ0) is 18.0. The van der Waals surface area contributed by atoms with Crippen molar-refractivity contribution in [3.63, 3.8) is 0 Å². The van der Waals surface area contributed by atoms with E-state index in [0.717, 1.165) is 12.8 Å². The third-order valence-corrected chi connectivity index (χ3v) is 5.92. The van der Waals surface area contributed by atoms with E-state index in [1.807, 2.05) is 13.8 Å². The molecule has 2 aliphatic heterocycles. The van der Waals surface area contributed by atoms with Gasteiger partial charge < -0.3 is 14.2 Å². The first-order chi connectivity index (χ1) is 11.3. The van der Waals surface area contributed by atoms with Crippen molar-refractivity contribution in [2.75, 3.05) is 19.8 Å². The van der Waals surface area contributed by atoms with Gasteiger partial charge in [0, 0.05) is 5.41 Å². The Bertz CT molecular complexity index is 480. The first-order valence-corrected chi connectivity index (χ1v) is 8.57. The Hall–Kier alpha value is -1.18. The number of hydrogen-bond acceptors (Lipinski definition) is 7. The maximum absolute atomic E-state index is 12.7. The topological polar surface area (TPSA) is 91.3 Å². The zero-order valence-electron chi connectivity index (χ0n) is 14.9. The van der Waals surface area contributed by atoms with Crippen molar-refractivity contribution in [1.82, 2.24) is 0 Å². The first kappa shape index (κ1) is 19.1. The van der Waals surface area contributed by atoms with Crippen LogP contribution in [0.3, 0.4) is 0 Å². The molecule has 138 valence electrons. The van der Waals surface area contributed by atoms with Crippen molar-refractivity contribution in [3.05, 3.63) is 0 Å². The molecule has 1 N–H and O–H groups in total. The van der Waals surface area contributed by atoms with Crippen molar-refractivity contribution in [1.29, 1.82) is 0 Å². The molecule has 0 saturated carbocycles. The smallest absolute Gasteiger partial charge is 0.315 e. The van der Waals surface area contributed by atoms with Crippen LogP contribution in [-0.4, -0.2) is 49.2 Å². The summed E-state index contributed by atoms with van der Waals surface area (Å²) in [7, 11) is 0. The van der Waals surface area contributed by atoms with Crippen LogP contribution in [0.2, 0.25) is 0 Å². The molecule has 5 unspecified atom stereocenters. The van der Waals surface area contributed by atoms with E-state index in [0.29, 0.717) is 6.42 Å². The van der Waals surface area contributed by atoms with Crippen LogP contribution in [0.15, 0.2) is 0 Å². The van der Waals surface area contributed by atoms with Gasteiger partial charge in [-0.05, 0) is 26.2 Å². The molecule has 0 aromatic carbocycles. The molecule has 0 aliphatic carbocycles. The molecular weight excluding hydrogens is 316 g/mol. The van der Waals surface area contributed by atoms with Crippen molar-refractivity contribution in [2.24, 2.45) is 16.7 Å². The molecule has 0 spiro atoms. The second-order valence-electron chi connectivity index (χ2n) is 7.20. The van der Waals surface area contributed by atoms with Gasteiger partial charge in [0.2, 0.25) is 0 Å². The highest BCUT2D eigenvalue weighted by atomic mass is 17.1. The standard InChI is InChI=1S/C17H28O7/c1-5-11(2)14(18)21-8-9-22-15(19)17(4)13-7-6-12(24-13)16(17,3)10-23-20/h11-13,20H,5-10H2,1-4H3. The highest BCUT2D eigenvalue weighted by Gasteiger charge is 2.69. The van der Waals surface area contributed by atoms with E-state index in [1.165, 1.54) is 0 Å². The van der Waals surface area contributed by atoms with Gasteiger partial charge in [-0.3, -0.25) is 14.8 Å². The monoisotopic (exact) mass is 344 g/mol. The van der Waals surface area contributed by atoms with E-state index >= 15 is 0 Å². The lowest BCUT2D eigenvalue weighted by Gasteiger charge is -2.43. The summed E-state index contributed by atoms with van der Waals surface area (Å²) in [5, 5.41) is 8.92. The summed E-state index contributed by atoms with van der Waals surface area (Å²) < 4.78 is 16.3. The second-order valence-corrected chi connectivity index (χ2v) is 7.20. The Morgan fingerprint density at radius 1 is 1.21 bits per heavy atom. The second kappa shape index (κ2) is 7.37. The number of hydrogen-bond donors (Lipinski definition) is 1. The van der Waals surface area contributed by atoms with Crippen LogP contribution in [0.4, 0.5) is 0 Å². The van der Waals surface area contributed by atoms with Crippen LogP contribution in [0.1, 0.15) is 47.0 Å². The van der Waals surface area contributed by atoms with Gasteiger partial charge in [-0.2, -0.15) is 0 Å². The average molecular weight is 344 g/mol. The van der Waals surface area contributed by atoms with Gasteiger partial charge in [-0.25, -0.2) is 4.89 Å². The van der Waals surface area contributed by atoms with Crippen LogP contribution in [-0.2, 0) is 28.7 Å². The SMILES string of the molecule is CCC(C)C(=O)OCCOC(=O)C1(C)C2CCC(O2)C1(C)COO. The fourth-order valence-corrected chi connectivity index (χ4v) is 3.71. The number of ether oxygens (including phenoxy) is 3. The van der Waals surface area contributed by atoms with Crippen molar-refractivity contribution in [2.45, 2.75) is 59.2 Å². The summed E-state index contributed by atoms with van der Waals surface area (Å²) >= 11 is 0. The van der Waals surface area contributed by atoms with Crippen LogP contribution in [0.25, 0.3) is 0 Å². The molecular formula is C17H28O7. The van der Waals surface area contributed by atoms with Gasteiger partial charge in [0.1, 0.15) is 18.6 Å².